The topological polar surface area (TPSA) is 79.3 Å². The highest BCUT2D eigenvalue weighted by molar-refractivity contribution is 6.01. The van der Waals surface area contributed by atoms with Gasteiger partial charge in [-0.3, -0.25) is 14.6 Å². The summed E-state index contributed by atoms with van der Waals surface area (Å²) >= 11 is 0. The first-order valence-corrected chi connectivity index (χ1v) is 4.03. The number of anilines is 1. The van der Waals surface area contributed by atoms with Crippen molar-refractivity contribution < 1.29 is 14.7 Å². The van der Waals surface area contributed by atoms with Crippen molar-refractivity contribution >= 4 is 17.6 Å². The normalized spacial score (nSPS) is 9.50. The minimum atomic E-state index is -1.15. The van der Waals surface area contributed by atoms with E-state index >= 15 is 0 Å². The number of nitrogens with zero attached hydrogens (tertiary/aromatic N) is 1. The van der Waals surface area contributed by atoms with E-state index in [2.05, 4.69) is 10.3 Å². The van der Waals surface area contributed by atoms with Gasteiger partial charge in [-0.25, -0.2) is 0 Å². The summed E-state index contributed by atoms with van der Waals surface area (Å²) in [6, 6.07) is 3.34. The molecular weight excluding hydrogens is 184 g/mol. The van der Waals surface area contributed by atoms with E-state index in [-0.39, 0.29) is 0 Å². The molecule has 1 aromatic rings. The summed E-state index contributed by atoms with van der Waals surface area (Å²) < 4.78 is 0. The number of carbonyl (C=O) groups excluding carboxylic acids is 1. The zero-order valence-corrected chi connectivity index (χ0v) is 7.65. The number of carboxylic acid groups (broad SMARTS) is 1. The van der Waals surface area contributed by atoms with Crippen molar-refractivity contribution in [2.24, 2.45) is 0 Å². The maximum atomic E-state index is 11.1. The summed E-state index contributed by atoms with van der Waals surface area (Å²) in [6.07, 6.45) is 1.07. The molecule has 1 rings (SSSR count). The molecule has 74 valence electrons. The minimum Gasteiger partial charge on any atom is -0.481 e. The Labute approximate surface area is 80.8 Å². The molecule has 0 aliphatic heterocycles. The van der Waals surface area contributed by atoms with Crippen molar-refractivity contribution in [1.82, 2.24) is 4.98 Å². The molecule has 5 heteroatoms. The summed E-state index contributed by atoms with van der Waals surface area (Å²) in [5.74, 6) is -1.70. The van der Waals surface area contributed by atoms with Crippen LogP contribution in [0.3, 0.4) is 0 Å². The molecule has 1 aromatic heterocycles. The quantitative estimate of drug-likeness (QED) is 0.697. The van der Waals surface area contributed by atoms with Crippen LogP contribution >= 0.6 is 0 Å². The number of nitrogens with one attached hydrogen (secondary N) is 1. The van der Waals surface area contributed by atoms with Gasteiger partial charge in [0.15, 0.2) is 0 Å². The number of hydrogen-bond donors (Lipinski definition) is 2. The maximum absolute atomic E-state index is 11.1. The van der Waals surface area contributed by atoms with Gasteiger partial charge >= 0.3 is 5.97 Å². The molecule has 14 heavy (non-hydrogen) atoms. The number of carbonyl (C=O) groups is 2. The molecule has 2 N–H and O–H groups in total. The second-order valence-electron chi connectivity index (χ2n) is 2.76. The molecule has 0 aliphatic carbocycles. The van der Waals surface area contributed by atoms with Crippen molar-refractivity contribution in [2.75, 3.05) is 5.32 Å². The van der Waals surface area contributed by atoms with Crippen LogP contribution in [0.1, 0.15) is 12.1 Å². The summed E-state index contributed by atoms with van der Waals surface area (Å²) in [4.78, 5) is 25.2. The smallest absolute Gasteiger partial charge is 0.312 e. The van der Waals surface area contributed by atoms with Crippen molar-refractivity contribution in [2.45, 2.75) is 13.3 Å². The zero-order chi connectivity index (χ0) is 10.6. The van der Waals surface area contributed by atoms with Crippen molar-refractivity contribution in [3.8, 4) is 0 Å². The van der Waals surface area contributed by atoms with E-state index in [0.29, 0.717) is 11.4 Å². The number of aryl methyl sites for hydroxylation is 1. The monoisotopic (exact) mass is 194 g/mol. The van der Waals surface area contributed by atoms with Gasteiger partial charge in [-0.1, -0.05) is 0 Å². The lowest BCUT2D eigenvalue weighted by molar-refractivity contribution is -0.139. The Hall–Kier alpha value is -1.91. The van der Waals surface area contributed by atoms with E-state index in [1.165, 1.54) is 0 Å². The molecule has 0 aliphatic rings. The molecule has 0 atom stereocenters. The number of amides is 1. The van der Waals surface area contributed by atoms with Gasteiger partial charge in [-0.05, 0) is 19.1 Å². The van der Waals surface area contributed by atoms with Gasteiger partial charge in [0.25, 0.3) is 0 Å². The van der Waals surface area contributed by atoms with Crippen LogP contribution in [-0.4, -0.2) is 22.0 Å². The van der Waals surface area contributed by atoms with E-state index in [1.54, 1.807) is 25.3 Å². The molecule has 0 bridgehead atoms. The summed E-state index contributed by atoms with van der Waals surface area (Å²) in [5.41, 5.74) is 1.20. The van der Waals surface area contributed by atoms with Crippen LogP contribution in [0.15, 0.2) is 18.3 Å². The molecule has 0 spiro atoms. The van der Waals surface area contributed by atoms with Crippen LogP contribution in [0.4, 0.5) is 5.69 Å². The van der Waals surface area contributed by atoms with Gasteiger partial charge in [-0.15, -0.1) is 0 Å². The standard InChI is InChI=1S/C9H10N2O3/c1-6-7(3-2-4-10-6)11-8(12)5-9(13)14/h2-4H,5H2,1H3,(H,11,12)(H,13,14). The Bertz CT molecular complexity index is 363. The molecule has 1 amide bonds. The van der Waals surface area contributed by atoms with Crippen LogP contribution in [-0.2, 0) is 9.59 Å². The highest BCUT2D eigenvalue weighted by Crippen LogP contribution is 2.10. The van der Waals surface area contributed by atoms with E-state index in [4.69, 9.17) is 5.11 Å². The highest BCUT2D eigenvalue weighted by atomic mass is 16.4. The molecule has 0 fully saturated rings. The molecule has 0 radical (unpaired) electrons. The molecule has 5 nitrogen and oxygen atoms in total. The number of hydrogen-bond acceptors (Lipinski definition) is 3. The van der Waals surface area contributed by atoms with E-state index in [9.17, 15) is 9.59 Å². The second kappa shape index (κ2) is 4.36. The van der Waals surface area contributed by atoms with Crippen molar-refractivity contribution in [3.63, 3.8) is 0 Å². The minimum absolute atomic E-state index is 0.533. The average Bonchev–Trinajstić information content (AvgIpc) is 2.07. The Morgan fingerprint density at radius 3 is 2.86 bits per heavy atom. The first-order valence-electron chi connectivity index (χ1n) is 4.03. The Morgan fingerprint density at radius 1 is 1.57 bits per heavy atom. The van der Waals surface area contributed by atoms with E-state index in [1.807, 2.05) is 0 Å². The van der Waals surface area contributed by atoms with Gasteiger partial charge in [0.1, 0.15) is 6.42 Å². The third kappa shape index (κ3) is 2.85. The number of aliphatic carboxylic acids is 1. The predicted molar refractivity (Wildman–Crippen MR) is 49.9 cm³/mol. The number of rotatable bonds is 3. The number of pyridine rings is 1. The Kier molecular flexibility index (Phi) is 3.17. The maximum Gasteiger partial charge on any atom is 0.312 e. The molecule has 0 saturated carbocycles. The van der Waals surface area contributed by atoms with Crippen LogP contribution in [0.25, 0.3) is 0 Å². The SMILES string of the molecule is Cc1ncccc1NC(=O)CC(=O)O. The predicted octanol–water partition coefficient (Wildman–Crippen LogP) is 0.803. The molecule has 0 unspecified atom stereocenters. The van der Waals surface area contributed by atoms with Gasteiger partial charge in [0.05, 0.1) is 11.4 Å². The fourth-order valence-corrected chi connectivity index (χ4v) is 0.948. The van der Waals surface area contributed by atoms with Gasteiger partial charge in [0.2, 0.25) is 5.91 Å². The molecule has 1 heterocycles. The fourth-order valence-electron chi connectivity index (χ4n) is 0.948. The third-order valence-electron chi connectivity index (χ3n) is 1.59. The highest BCUT2D eigenvalue weighted by Gasteiger charge is 2.08. The summed E-state index contributed by atoms with van der Waals surface area (Å²) in [6.45, 7) is 1.73. The number of carboxylic acids is 1. The van der Waals surface area contributed by atoms with Crippen LogP contribution in [0.5, 0.6) is 0 Å². The van der Waals surface area contributed by atoms with E-state index in [0.717, 1.165) is 0 Å². The van der Waals surface area contributed by atoms with Crippen LogP contribution < -0.4 is 5.32 Å². The first-order chi connectivity index (χ1) is 6.59. The lowest BCUT2D eigenvalue weighted by Crippen LogP contribution is -2.16. The lowest BCUT2D eigenvalue weighted by Gasteiger charge is -2.05. The Balaban J connectivity index is 2.65. The van der Waals surface area contributed by atoms with Gasteiger partial charge in [-0.2, -0.15) is 0 Å². The summed E-state index contributed by atoms with van der Waals surface area (Å²) in [5, 5.41) is 10.8. The zero-order valence-electron chi connectivity index (χ0n) is 7.65. The first kappa shape index (κ1) is 10.2. The Morgan fingerprint density at radius 2 is 2.29 bits per heavy atom. The average molecular weight is 194 g/mol. The molecular formula is C9H10N2O3. The van der Waals surface area contributed by atoms with Gasteiger partial charge in [0, 0.05) is 6.20 Å². The van der Waals surface area contributed by atoms with Crippen molar-refractivity contribution in [1.29, 1.82) is 0 Å². The second-order valence-corrected chi connectivity index (χ2v) is 2.76. The van der Waals surface area contributed by atoms with Crippen molar-refractivity contribution in [3.05, 3.63) is 24.0 Å². The fraction of sp³-hybridized carbons (Fsp3) is 0.222. The van der Waals surface area contributed by atoms with Crippen LogP contribution in [0.2, 0.25) is 0 Å². The summed E-state index contributed by atoms with van der Waals surface area (Å²) in [7, 11) is 0. The van der Waals surface area contributed by atoms with E-state index < -0.39 is 18.3 Å². The third-order valence-corrected chi connectivity index (χ3v) is 1.59. The largest absolute Gasteiger partial charge is 0.481 e. The molecule has 0 aromatic carbocycles. The number of aromatic nitrogens is 1. The van der Waals surface area contributed by atoms with Gasteiger partial charge < -0.3 is 10.4 Å². The lowest BCUT2D eigenvalue weighted by atomic mass is 10.3. The van der Waals surface area contributed by atoms with Crippen LogP contribution in [0, 0.1) is 6.92 Å². The molecule has 0 saturated heterocycles.